The Hall–Kier alpha value is -2.52. The number of amides is 2. The molecule has 1 heterocycles. The molecule has 0 aliphatic carbocycles. The van der Waals surface area contributed by atoms with E-state index in [1.54, 1.807) is 5.32 Å². The van der Waals surface area contributed by atoms with E-state index >= 15 is 0 Å². The van der Waals surface area contributed by atoms with Crippen molar-refractivity contribution in [3.05, 3.63) is 24.0 Å². The molecule has 1 fully saturated rings. The summed E-state index contributed by atoms with van der Waals surface area (Å²) < 4.78 is 54.1. The van der Waals surface area contributed by atoms with Gasteiger partial charge in [-0.1, -0.05) is 0 Å². The summed E-state index contributed by atoms with van der Waals surface area (Å²) in [4.78, 5) is 23.3. The largest absolute Gasteiger partial charge is 0.505 e. The number of carbonyl (C=O) groups is 2. The first kappa shape index (κ1) is 15.9. The third-order valence-electron chi connectivity index (χ3n) is 2.86. The molecule has 2 amide bonds. The second-order valence-corrected chi connectivity index (χ2v) is 4.46. The maximum atomic E-state index is 13.2. The lowest BCUT2D eigenvalue weighted by Crippen LogP contribution is -2.41. The predicted molar refractivity (Wildman–Crippen MR) is 64.7 cm³/mol. The van der Waals surface area contributed by atoms with Gasteiger partial charge in [0.2, 0.25) is 0 Å². The molecule has 2 rings (SSSR count). The number of nitrogens with one attached hydrogen (secondary N) is 1. The summed E-state index contributed by atoms with van der Waals surface area (Å²) in [6.45, 7) is -0.692. The number of hydrogen-bond donors (Lipinski definition) is 2. The molecule has 1 unspecified atom stereocenters. The van der Waals surface area contributed by atoms with Crippen molar-refractivity contribution in [3.8, 4) is 5.75 Å². The zero-order chi connectivity index (χ0) is 16.5. The highest BCUT2D eigenvalue weighted by molar-refractivity contribution is 5.90. The highest BCUT2D eigenvalue weighted by Crippen LogP contribution is 2.26. The van der Waals surface area contributed by atoms with Gasteiger partial charge in [-0.15, -0.1) is 0 Å². The van der Waals surface area contributed by atoms with Gasteiger partial charge in [0.1, 0.15) is 6.10 Å². The number of ether oxygens (including phenoxy) is 1. The Morgan fingerprint density at radius 3 is 2.73 bits per heavy atom. The van der Waals surface area contributed by atoms with Crippen LogP contribution in [0, 0.1) is 5.82 Å². The van der Waals surface area contributed by atoms with Crippen LogP contribution in [0.2, 0.25) is 0 Å². The van der Waals surface area contributed by atoms with Crippen molar-refractivity contribution in [2.24, 2.45) is 0 Å². The lowest BCUT2D eigenvalue weighted by atomic mass is 10.2. The molecular formula is C12H10F4N2O4. The van der Waals surface area contributed by atoms with Gasteiger partial charge in [-0.25, -0.2) is 9.18 Å². The summed E-state index contributed by atoms with van der Waals surface area (Å²) in [6.07, 6.45) is -6.92. The van der Waals surface area contributed by atoms with Gasteiger partial charge in [0.25, 0.3) is 0 Å². The van der Waals surface area contributed by atoms with Crippen molar-refractivity contribution < 1.29 is 37.0 Å². The van der Waals surface area contributed by atoms with Crippen LogP contribution in [0.3, 0.4) is 0 Å². The summed E-state index contributed by atoms with van der Waals surface area (Å²) in [5.74, 6) is -3.71. The van der Waals surface area contributed by atoms with E-state index in [1.807, 2.05) is 0 Å². The van der Waals surface area contributed by atoms with Crippen LogP contribution in [-0.2, 0) is 9.53 Å². The lowest BCUT2D eigenvalue weighted by Gasteiger charge is -2.13. The summed E-state index contributed by atoms with van der Waals surface area (Å²) in [5.41, 5.74) is 0.0740. The van der Waals surface area contributed by atoms with Crippen LogP contribution in [0.1, 0.15) is 0 Å². The Bertz CT molecular complexity index is 605. The van der Waals surface area contributed by atoms with E-state index in [-0.39, 0.29) is 12.2 Å². The second kappa shape index (κ2) is 5.70. The first-order chi connectivity index (χ1) is 10.2. The summed E-state index contributed by atoms with van der Waals surface area (Å²) in [7, 11) is 0. The summed E-state index contributed by atoms with van der Waals surface area (Å²) in [5, 5.41) is 10.7. The summed E-state index contributed by atoms with van der Waals surface area (Å²) >= 11 is 0. The number of aromatic hydroxyl groups is 1. The average Bonchev–Trinajstić information content (AvgIpc) is 2.79. The molecule has 10 heteroatoms. The fourth-order valence-corrected chi connectivity index (χ4v) is 1.81. The lowest BCUT2D eigenvalue weighted by molar-refractivity contribution is -0.173. The van der Waals surface area contributed by atoms with Gasteiger partial charge in [-0.05, 0) is 12.1 Å². The smallest absolute Gasteiger partial charge is 0.471 e. The number of anilines is 1. The molecule has 1 saturated heterocycles. The molecule has 120 valence electrons. The number of alkyl halides is 3. The molecule has 0 radical (unpaired) electrons. The minimum atomic E-state index is -5.03. The fourth-order valence-electron chi connectivity index (χ4n) is 1.81. The Kier molecular flexibility index (Phi) is 4.11. The minimum absolute atomic E-state index is 0.0740. The molecule has 1 aliphatic heterocycles. The molecule has 22 heavy (non-hydrogen) atoms. The maximum Gasteiger partial charge on any atom is 0.471 e. The first-order valence-corrected chi connectivity index (χ1v) is 6.00. The molecule has 0 spiro atoms. The molecule has 0 bridgehead atoms. The number of rotatable bonds is 3. The molecule has 2 N–H and O–H groups in total. The third-order valence-corrected chi connectivity index (χ3v) is 2.86. The summed E-state index contributed by atoms with van der Waals surface area (Å²) in [6, 6.07) is 3.15. The van der Waals surface area contributed by atoms with Crippen LogP contribution >= 0.6 is 0 Å². The predicted octanol–water partition coefficient (Wildman–Crippen LogP) is 1.53. The maximum absolute atomic E-state index is 13.2. The van der Waals surface area contributed by atoms with E-state index in [2.05, 4.69) is 0 Å². The third kappa shape index (κ3) is 3.38. The normalized spacial score (nSPS) is 18.3. The van der Waals surface area contributed by atoms with Crippen molar-refractivity contribution >= 4 is 17.7 Å². The highest BCUT2D eigenvalue weighted by Gasteiger charge is 2.40. The van der Waals surface area contributed by atoms with Gasteiger partial charge in [-0.3, -0.25) is 9.69 Å². The molecule has 0 aromatic heterocycles. The van der Waals surface area contributed by atoms with E-state index in [0.717, 1.165) is 17.0 Å². The fraction of sp³-hybridized carbons (Fsp3) is 0.333. The Morgan fingerprint density at radius 1 is 1.45 bits per heavy atom. The van der Waals surface area contributed by atoms with Crippen LogP contribution in [0.25, 0.3) is 0 Å². The Labute approximate surface area is 121 Å². The van der Waals surface area contributed by atoms with Crippen molar-refractivity contribution in [2.75, 3.05) is 18.0 Å². The number of cyclic esters (lactones) is 1. The molecule has 1 aromatic carbocycles. The molecular weight excluding hydrogens is 312 g/mol. The first-order valence-electron chi connectivity index (χ1n) is 6.00. The van der Waals surface area contributed by atoms with Gasteiger partial charge in [0, 0.05) is 6.07 Å². The minimum Gasteiger partial charge on any atom is -0.505 e. The van der Waals surface area contributed by atoms with Crippen LogP contribution < -0.4 is 10.2 Å². The van der Waals surface area contributed by atoms with Crippen LogP contribution in [0.4, 0.5) is 28.0 Å². The van der Waals surface area contributed by atoms with Gasteiger partial charge in [0.05, 0.1) is 18.8 Å². The Balaban J connectivity index is 1.99. The van der Waals surface area contributed by atoms with E-state index < -0.39 is 42.4 Å². The molecule has 0 saturated carbocycles. The van der Waals surface area contributed by atoms with Gasteiger partial charge in [0.15, 0.2) is 11.6 Å². The number of halogens is 4. The van der Waals surface area contributed by atoms with E-state index in [0.29, 0.717) is 0 Å². The highest BCUT2D eigenvalue weighted by atomic mass is 19.4. The topological polar surface area (TPSA) is 78.9 Å². The number of phenolic OH excluding ortho intramolecular Hbond substituents is 1. The standard InChI is InChI=1S/C12H10F4N2O4/c13-8-3-6(1-2-9(8)19)18-5-7(22-11(18)21)4-17-10(20)12(14,15)16/h1-3,7,19H,4-5H2,(H,17,20). The monoisotopic (exact) mass is 322 g/mol. The quantitative estimate of drug-likeness (QED) is 0.827. The van der Waals surface area contributed by atoms with Gasteiger partial charge >= 0.3 is 18.2 Å². The second-order valence-electron chi connectivity index (χ2n) is 4.46. The number of carbonyl (C=O) groups excluding carboxylic acids is 2. The van der Waals surface area contributed by atoms with E-state index in [1.165, 1.54) is 6.07 Å². The number of hydrogen-bond acceptors (Lipinski definition) is 4. The van der Waals surface area contributed by atoms with Gasteiger partial charge in [-0.2, -0.15) is 13.2 Å². The molecule has 1 aliphatic rings. The van der Waals surface area contributed by atoms with Crippen molar-refractivity contribution in [2.45, 2.75) is 12.3 Å². The molecule has 1 atom stereocenters. The van der Waals surface area contributed by atoms with E-state index in [9.17, 15) is 27.2 Å². The Morgan fingerprint density at radius 2 is 2.14 bits per heavy atom. The van der Waals surface area contributed by atoms with Crippen molar-refractivity contribution in [1.82, 2.24) is 5.32 Å². The number of nitrogens with zero attached hydrogens (tertiary/aromatic N) is 1. The number of phenols is 1. The zero-order valence-corrected chi connectivity index (χ0v) is 10.9. The van der Waals surface area contributed by atoms with Crippen LogP contribution in [0.15, 0.2) is 18.2 Å². The van der Waals surface area contributed by atoms with Crippen molar-refractivity contribution in [1.29, 1.82) is 0 Å². The molecule has 1 aromatic rings. The van der Waals surface area contributed by atoms with Crippen molar-refractivity contribution in [3.63, 3.8) is 0 Å². The number of benzene rings is 1. The SMILES string of the molecule is O=C1OC(CNC(=O)C(F)(F)F)CN1c1ccc(O)c(F)c1. The molecule has 6 nitrogen and oxygen atoms in total. The average molecular weight is 322 g/mol. The van der Waals surface area contributed by atoms with Gasteiger partial charge < -0.3 is 15.2 Å². The zero-order valence-electron chi connectivity index (χ0n) is 10.9. The van der Waals surface area contributed by atoms with E-state index in [4.69, 9.17) is 9.84 Å². The van der Waals surface area contributed by atoms with Crippen LogP contribution in [0.5, 0.6) is 5.75 Å². The van der Waals surface area contributed by atoms with Crippen LogP contribution in [-0.4, -0.2) is 42.5 Å².